The van der Waals surface area contributed by atoms with Crippen LogP contribution in [0.2, 0.25) is 0 Å². The minimum atomic E-state index is 0. The summed E-state index contributed by atoms with van der Waals surface area (Å²) < 4.78 is 0. The van der Waals surface area contributed by atoms with Crippen LogP contribution in [0, 0.1) is 0 Å². The maximum atomic E-state index is 4.46. The average molecular weight is 287 g/mol. The first-order valence-electron chi connectivity index (χ1n) is 6.84. The first kappa shape index (κ1) is 14.6. The van der Waals surface area contributed by atoms with Crippen LogP contribution in [-0.4, -0.2) is 12.4 Å². The van der Waals surface area contributed by atoms with Crippen molar-refractivity contribution in [3.05, 3.63) is 60.2 Å². The third kappa shape index (κ3) is 3.40. The molecule has 0 aliphatic carbocycles. The van der Waals surface area contributed by atoms with Gasteiger partial charge in [-0.2, -0.15) is 0 Å². The summed E-state index contributed by atoms with van der Waals surface area (Å²) in [6.45, 7) is 1.83. The number of aliphatic imine (C=N–C) groups is 1. The van der Waals surface area contributed by atoms with Gasteiger partial charge in [0.2, 0.25) is 0 Å². The van der Waals surface area contributed by atoms with Crippen molar-refractivity contribution in [3.63, 3.8) is 0 Å². The normalized spacial score (nSPS) is 13.5. The molecule has 0 aromatic heterocycles. The number of nitrogens with one attached hydrogen (secondary N) is 1. The Bertz CT molecular complexity index is 579. The van der Waals surface area contributed by atoms with Gasteiger partial charge in [0.25, 0.3) is 0 Å². The number of rotatable bonds is 3. The third-order valence-corrected chi connectivity index (χ3v) is 3.46. The summed E-state index contributed by atoms with van der Waals surface area (Å²) in [6, 6.07) is 19.1. The molecule has 2 aromatic carbocycles. The van der Waals surface area contributed by atoms with E-state index in [-0.39, 0.29) is 12.4 Å². The van der Waals surface area contributed by atoms with Crippen LogP contribution in [0.1, 0.15) is 18.4 Å². The lowest BCUT2D eigenvalue weighted by Crippen LogP contribution is -2.20. The highest BCUT2D eigenvalue weighted by Crippen LogP contribution is 2.23. The van der Waals surface area contributed by atoms with Gasteiger partial charge < -0.3 is 5.32 Å². The summed E-state index contributed by atoms with van der Waals surface area (Å²) in [5.74, 6) is 1.16. The Labute approximate surface area is 126 Å². The Morgan fingerprint density at radius 3 is 2.45 bits per heavy atom. The molecule has 104 valence electrons. The molecule has 1 N–H and O–H groups in total. The van der Waals surface area contributed by atoms with Crippen LogP contribution in [-0.2, 0) is 6.54 Å². The molecule has 2 nitrogen and oxygen atoms in total. The molecule has 0 saturated heterocycles. The maximum absolute atomic E-state index is 4.46. The summed E-state index contributed by atoms with van der Waals surface area (Å²) in [4.78, 5) is 4.46. The van der Waals surface area contributed by atoms with Gasteiger partial charge in [-0.05, 0) is 23.1 Å². The predicted molar refractivity (Wildman–Crippen MR) is 87.5 cm³/mol. The van der Waals surface area contributed by atoms with Gasteiger partial charge in [0.15, 0.2) is 0 Å². The molecular formula is C17H19ClN2. The zero-order valence-corrected chi connectivity index (χ0v) is 12.2. The number of hydrogen-bond donors (Lipinski definition) is 1. The van der Waals surface area contributed by atoms with E-state index in [4.69, 9.17) is 0 Å². The van der Waals surface area contributed by atoms with E-state index in [0.717, 1.165) is 25.3 Å². The second kappa shape index (κ2) is 7.11. The summed E-state index contributed by atoms with van der Waals surface area (Å²) >= 11 is 0. The molecule has 0 unspecified atom stereocenters. The molecule has 3 rings (SSSR count). The Kier molecular flexibility index (Phi) is 5.19. The quantitative estimate of drug-likeness (QED) is 0.904. The van der Waals surface area contributed by atoms with Gasteiger partial charge in [0, 0.05) is 19.5 Å². The van der Waals surface area contributed by atoms with E-state index < -0.39 is 0 Å². The van der Waals surface area contributed by atoms with Gasteiger partial charge in [-0.25, -0.2) is 0 Å². The van der Waals surface area contributed by atoms with Crippen molar-refractivity contribution in [1.29, 1.82) is 0 Å². The maximum Gasteiger partial charge on any atom is 0.0966 e. The Morgan fingerprint density at radius 2 is 1.70 bits per heavy atom. The lowest BCUT2D eigenvalue weighted by molar-refractivity contribution is 0.890. The number of amidine groups is 1. The van der Waals surface area contributed by atoms with Crippen LogP contribution >= 0.6 is 12.4 Å². The van der Waals surface area contributed by atoms with Crippen molar-refractivity contribution >= 4 is 18.2 Å². The van der Waals surface area contributed by atoms with Gasteiger partial charge in [-0.15, -0.1) is 12.4 Å². The van der Waals surface area contributed by atoms with E-state index >= 15 is 0 Å². The van der Waals surface area contributed by atoms with E-state index in [2.05, 4.69) is 64.9 Å². The van der Waals surface area contributed by atoms with E-state index in [1.807, 2.05) is 0 Å². The number of hydrogen-bond acceptors (Lipinski definition) is 2. The van der Waals surface area contributed by atoms with Crippen molar-refractivity contribution < 1.29 is 0 Å². The summed E-state index contributed by atoms with van der Waals surface area (Å²) in [5, 5.41) is 3.46. The fourth-order valence-corrected chi connectivity index (χ4v) is 2.45. The smallest absolute Gasteiger partial charge is 0.0966 e. The summed E-state index contributed by atoms with van der Waals surface area (Å²) in [7, 11) is 0. The van der Waals surface area contributed by atoms with Gasteiger partial charge in [0.05, 0.1) is 5.84 Å². The summed E-state index contributed by atoms with van der Waals surface area (Å²) in [6.07, 6.45) is 2.27. The number of benzene rings is 2. The highest BCUT2D eigenvalue weighted by molar-refractivity contribution is 5.85. The van der Waals surface area contributed by atoms with Crippen molar-refractivity contribution in [2.75, 3.05) is 6.54 Å². The molecule has 0 bridgehead atoms. The Hall–Kier alpha value is -1.80. The molecule has 0 radical (unpaired) electrons. The molecule has 1 aliphatic rings. The second-order valence-corrected chi connectivity index (χ2v) is 4.81. The van der Waals surface area contributed by atoms with Crippen molar-refractivity contribution in [2.45, 2.75) is 19.4 Å². The third-order valence-electron chi connectivity index (χ3n) is 3.46. The fourth-order valence-electron chi connectivity index (χ4n) is 2.45. The molecule has 0 saturated carbocycles. The molecule has 1 aliphatic heterocycles. The molecule has 0 spiro atoms. The lowest BCUT2D eigenvalue weighted by atomic mass is 10.00. The molecule has 0 atom stereocenters. The highest BCUT2D eigenvalue weighted by Gasteiger charge is 2.07. The molecule has 0 amide bonds. The Morgan fingerprint density at radius 1 is 0.950 bits per heavy atom. The van der Waals surface area contributed by atoms with Crippen LogP contribution in [0.15, 0.2) is 59.6 Å². The zero-order valence-electron chi connectivity index (χ0n) is 11.4. The number of nitrogens with zero attached hydrogens (tertiary/aromatic N) is 1. The highest BCUT2D eigenvalue weighted by atomic mass is 35.5. The largest absolute Gasteiger partial charge is 0.370 e. The zero-order chi connectivity index (χ0) is 12.9. The second-order valence-electron chi connectivity index (χ2n) is 4.81. The van der Waals surface area contributed by atoms with Crippen LogP contribution in [0.25, 0.3) is 11.1 Å². The first-order chi connectivity index (χ1) is 9.43. The van der Waals surface area contributed by atoms with Crippen molar-refractivity contribution in [2.24, 2.45) is 4.99 Å². The minimum Gasteiger partial charge on any atom is -0.370 e. The van der Waals surface area contributed by atoms with E-state index in [0.29, 0.717) is 0 Å². The SMILES string of the molecule is Cl.c1ccc(-c2ccccc2CNC2=NCCC2)cc1. The van der Waals surface area contributed by atoms with Crippen LogP contribution < -0.4 is 5.32 Å². The molecule has 1 heterocycles. The molecule has 2 aromatic rings. The van der Waals surface area contributed by atoms with Crippen LogP contribution in [0.4, 0.5) is 0 Å². The summed E-state index contributed by atoms with van der Waals surface area (Å²) in [5.41, 5.74) is 3.89. The molecular weight excluding hydrogens is 268 g/mol. The van der Waals surface area contributed by atoms with Gasteiger partial charge in [-0.1, -0.05) is 54.6 Å². The molecule has 0 fully saturated rings. The predicted octanol–water partition coefficient (Wildman–Crippen LogP) is 4.06. The van der Waals surface area contributed by atoms with E-state index in [9.17, 15) is 0 Å². The van der Waals surface area contributed by atoms with Gasteiger partial charge in [0.1, 0.15) is 0 Å². The molecule has 20 heavy (non-hydrogen) atoms. The minimum absolute atomic E-state index is 0. The first-order valence-corrected chi connectivity index (χ1v) is 6.84. The molecule has 3 heteroatoms. The standard InChI is InChI=1S/C17H18N2.ClH/c1-2-7-14(8-3-1)16-10-5-4-9-15(16)13-19-17-11-6-12-18-17;/h1-5,7-10H,6,11-13H2,(H,18,19);1H. The average Bonchev–Trinajstić information content (AvgIpc) is 3.00. The van der Waals surface area contributed by atoms with E-state index in [1.54, 1.807) is 0 Å². The van der Waals surface area contributed by atoms with E-state index in [1.165, 1.54) is 23.1 Å². The van der Waals surface area contributed by atoms with Crippen LogP contribution in [0.3, 0.4) is 0 Å². The van der Waals surface area contributed by atoms with Crippen molar-refractivity contribution in [3.8, 4) is 11.1 Å². The monoisotopic (exact) mass is 286 g/mol. The van der Waals surface area contributed by atoms with Gasteiger partial charge >= 0.3 is 0 Å². The lowest BCUT2D eigenvalue weighted by Gasteiger charge is -2.11. The van der Waals surface area contributed by atoms with Crippen molar-refractivity contribution in [1.82, 2.24) is 5.32 Å². The van der Waals surface area contributed by atoms with Crippen LogP contribution in [0.5, 0.6) is 0 Å². The fraction of sp³-hybridized carbons (Fsp3) is 0.235. The van der Waals surface area contributed by atoms with Gasteiger partial charge in [-0.3, -0.25) is 4.99 Å². The Balaban J connectivity index is 0.00000147. The number of halogens is 1. The topological polar surface area (TPSA) is 24.4 Å².